The highest BCUT2D eigenvalue weighted by Crippen LogP contribution is 2.38. The molecule has 3 N–H and O–H groups in total. The average molecular weight is 404 g/mol. The minimum atomic E-state index is -4.02. The zero-order valence-corrected chi connectivity index (χ0v) is 16.6. The number of aromatic carboxylic acids is 1. The number of aromatic nitrogens is 1. The van der Waals surface area contributed by atoms with Crippen LogP contribution in [-0.4, -0.2) is 38.7 Å². The van der Waals surface area contributed by atoms with E-state index in [2.05, 4.69) is 9.71 Å². The minimum absolute atomic E-state index is 0.0663. The first-order chi connectivity index (χ1) is 13.2. The van der Waals surface area contributed by atoms with Crippen molar-refractivity contribution in [3.8, 4) is 11.5 Å². The minimum Gasteiger partial charge on any atom is -0.493 e. The van der Waals surface area contributed by atoms with Gasteiger partial charge in [-0.1, -0.05) is 17.7 Å². The molecule has 0 fully saturated rings. The number of carboxylic acids is 1. The smallest absolute Gasteiger partial charge is 0.354 e. The number of fused-ring (bicyclic) bond motifs is 1. The number of nitrogens with one attached hydrogen (secondary N) is 2. The number of aryl methyl sites for hydroxylation is 2. The van der Waals surface area contributed by atoms with Crippen molar-refractivity contribution in [2.45, 2.75) is 18.7 Å². The molecule has 0 aliphatic heterocycles. The molecule has 1 aromatic heterocycles. The molecule has 3 aromatic rings. The molecule has 0 aliphatic carbocycles. The predicted molar refractivity (Wildman–Crippen MR) is 105 cm³/mol. The molecule has 0 amide bonds. The Bertz CT molecular complexity index is 1180. The summed E-state index contributed by atoms with van der Waals surface area (Å²) in [6.07, 6.45) is 0. The van der Waals surface area contributed by atoms with Gasteiger partial charge < -0.3 is 19.6 Å². The number of hydrogen-bond acceptors (Lipinski definition) is 5. The summed E-state index contributed by atoms with van der Waals surface area (Å²) in [6, 6.07) is 8.00. The first kappa shape index (κ1) is 19.6. The van der Waals surface area contributed by atoms with Gasteiger partial charge in [0.05, 0.1) is 30.3 Å². The number of sulfonamides is 1. The largest absolute Gasteiger partial charge is 0.493 e. The summed E-state index contributed by atoms with van der Waals surface area (Å²) >= 11 is 0. The SMILES string of the molecule is COc1cc2[nH]c(C(=O)O)c(NS(=O)(=O)c3ccc(C)cc3C)c2cc1OC. The standard InChI is InChI=1S/C19H20N2O6S/c1-10-5-6-16(11(2)7-10)28(24,25)21-17-12-8-14(26-3)15(27-4)9-13(12)20-18(17)19(22)23/h5-9,20-21H,1-4H3,(H,22,23). The van der Waals surface area contributed by atoms with Crippen LogP contribution in [0.15, 0.2) is 35.2 Å². The van der Waals surface area contributed by atoms with Gasteiger partial charge in [0.2, 0.25) is 0 Å². The van der Waals surface area contributed by atoms with Gasteiger partial charge in [-0.2, -0.15) is 0 Å². The molecule has 0 unspecified atom stereocenters. The molecule has 0 spiro atoms. The average Bonchev–Trinajstić information content (AvgIpc) is 2.97. The van der Waals surface area contributed by atoms with Crippen molar-refractivity contribution in [3.63, 3.8) is 0 Å². The highest BCUT2D eigenvalue weighted by molar-refractivity contribution is 7.92. The van der Waals surface area contributed by atoms with Crippen molar-refractivity contribution < 1.29 is 27.8 Å². The van der Waals surface area contributed by atoms with Gasteiger partial charge in [-0.3, -0.25) is 4.72 Å². The summed E-state index contributed by atoms with van der Waals surface area (Å²) in [7, 11) is -1.13. The summed E-state index contributed by atoms with van der Waals surface area (Å²) in [4.78, 5) is 14.5. The van der Waals surface area contributed by atoms with Gasteiger partial charge in [0.1, 0.15) is 5.69 Å². The first-order valence-electron chi connectivity index (χ1n) is 8.29. The van der Waals surface area contributed by atoms with Gasteiger partial charge in [0, 0.05) is 11.5 Å². The zero-order valence-electron chi connectivity index (χ0n) is 15.8. The number of ether oxygens (including phenoxy) is 2. The van der Waals surface area contributed by atoms with Crippen LogP contribution in [0.25, 0.3) is 10.9 Å². The maximum Gasteiger partial charge on any atom is 0.354 e. The topological polar surface area (TPSA) is 118 Å². The van der Waals surface area contributed by atoms with E-state index in [0.29, 0.717) is 28.0 Å². The van der Waals surface area contributed by atoms with Crippen LogP contribution in [0.3, 0.4) is 0 Å². The van der Waals surface area contributed by atoms with Gasteiger partial charge >= 0.3 is 5.97 Å². The van der Waals surface area contributed by atoms with Crippen molar-refractivity contribution in [2.24, 2.45) is 0 Å². The van der Waals surface area contributed by atoms with Crippen LogP contribution < -0.4 is 14.2 Å². The highest BCUT2D eigenvalue weighted by atomic mass is 32.2. The van der Waals surface area contributed by atoms with Gasteiger partial charge in [-0.15, -0.1) is 0 Å². The van der Waals surface area contributed by atoms with E-state index in [9.17, 15) is 18.3 Å². The number of methoxy groups -OCH3 is 2. The molecular formula is C19H20N2O6S. The fourth-order valence-corrected chi connectivity index (χ4v) is 4.40. The Kier molecular flexibility index (Phi) is 4.95. The van der Waals surface area contributed by atoms with Crippen LogP contribution in [0.1, 0.15) is 21.6 Å². The molecule has 8 nitrogen and oxygen atoms in total. The number of carbonyl (C=O) groups is 1. The molecular weight excluding hydrogens is 384 g/mol. The molecule has 0 saturated heterocycles. The van der Waals surface area contributed by atoms with Crippen molar-refractivity contribution in [3.05, 3.63) is 47.2 Å². The molecule has 2 aromatic carbocycles. The number of H-pyrrole nitrogens is 1. The number of aromatic amines is 1. The predicted octanol–water partition coefficient (Wildman–Crippen LogP) is 3.30. The molecule has 148 valence electrons. The Morgan fingerprint density at radius 1 is 1.07 bits per heavy atom. The second-order valence-electron chi connectivity index (χ2n) is 6.31. The second kappa shape index (κ2) is 7.08. The maximum atomic E-state index is 13.0. The lowest BCUT2D eigenvalue weighted by Gasteiger charge is -2.12. The summed E-state index contributed by atoms with van der Waals surface area (Å²) in [6.45, 7) is 3.54. The highest BCUT2D eigenvalue weighted by Gasteiger charge is 2.25. The Labute approximate surface area is 162 Å². The van der Waals surface area contributed by atoms with E-state index in [0.717, 1.165) is 5.56 Å². The van der Waals surface area contributed by atoms with E-state index in [-0.39, 0.29) is 16.3 Å². The lowest BCUT2D eigenvalue weighted by atomic mass is 10.2. The van der Waals surface area contributed by atoms with E-state index in [4.69, 9.17) is 9.47 Å². The van der Waals surface area contributed by atoms with E-state index in [1.165, 1.54) is 26.4 Å². The summed E-state index contributed by atoms with van der Waals surface area (Å²) in [5.41, 5.74) is 1.53. The van der Waals surface area contributed by atoms with Crippen molar-refractivity contribution >= 4 is 32.6 Å². The Morgan fingerprint density at radius 3 is 2.29 bits per heavy atom. The van der Waals surface area contributed by atoms with E-state index in [1.54, 1.807) is 25.1 Å². The summed E-state index contributed by atoms with van der Waals surface area (Å²) in [5, 5.41) is 9.90. The third-order valence-electron chi connectivity index (χ3n) is 4.37. The molecule has 0 aliphatic rings. The number of carboxylic acid groups (broad SMARTS) is 1. The van der Waals surface area contributed by atoms with Crippen LogP contribution in [0, 0.1) is 13.8 Å². The molecule has 0 radical (unpaired) electrons. The Balaban J connectivity index is 2.20. The lowest BCUT2D eigenvalue weighted by molar-refractivity contribution is 0.0692. The fraction of sp³-hybridized carbons (Fsp3) is 0.211. The molecule has 0 atom stereocenters. The third kappa shape index (κ3) is 3.36. The zero-order chi connectivity index (χ0) is 20.6. The first-order valence-corrected chi connectivity index (χ1v) is 9.77. The number of rotatable bonds is 6. The lowest BCUT2D eigenvalue weighted by Crippen LogP contribution is -2.16. The van der Waals surface area contributed by atoms with Crippen LogP contribution in [0.5, 0.6) is 11.5 Å². The molecule has 0 bridgehead atoms. The molecule has 3 rings (SSSR count). The second-order valence-corrected chi connectivity index (χ2v) is 7.96. The van der Waals surface area contributed by atoms with E-state index < -0.39 is 16.0 Å². The van der Waals surface area contributed by atoms with Crippen LogP contribution in [-0.2, 0) is 10.0 Å². The van der Waals surface area contributed by atoms with Crippen molar-refractivity contribution in [2.75, 3.05) is 18.9 Å². The number of benzene rings is 2. The van der Waals surface area contributed by atoms with Crippen molar-refractivity contribution in [1.29, 1.82) is 0 Å². The molecule has 28 heavy (non-hydrogen) atoms. The normalized spacial score (nSPS) is 11.4. The Morgan fingerprint density at radius 2 is 1.71 bits per heavy atom. The van der Waals surface area contributed by atoms with E-state index in [1.807, 2.05) is 6.92 Å². The fourth-order valence-electron chi connectivity index (χ4n) is 3.08. The van der Waals surface area contributed by atoms with Gasteiger partial charge in [0.15, 0.2) is 11.5 Å². The van der Waals surface area contributed by atoms with Crippen molar-refractivity contribution in [1.82, 2.24) is 4.98 Å². The van der Waals surface area contributed by atoms with Gasteiger partial charge in [-0.05, 0) is 31.5 Å². The maximum absolute atomic E-state index is 13.0. The van der Waals surface area contributed by atoms with Gasteiger partial charge in [0.25, 0.3) is 10.0 Å². The molecule has 1 heterocycles. The monoisotopic (exact) mass is 404 g/mol. The summed E-state index contributed by atoms with van der Waals surface area (Å²) < 4.78 is 38.8. The van der Waals surface area contributed by atoms with Crippen LogP contribution >= 0.6 is 0 Å². The van der Waals surface area contributed by atoms with Gasteiger partial charge in [-0.25, -0.2) is 13.2 Å². The number of anilines is 1. The van der Waals surface area contributed by atoms with E-state index >= 15 is 0 Å². The van der Waals surface area contributed by atoms with Crippen LogP contribution in [0.4, 0.5) is 5.69 Å². The molecule has 9 heteroatoms. The molecule has 0 saturated carbocycles. The third-order valence-corrected chi connectivity index (χ3v) is 5.88. The number of hydrogen-bond donors (Lipinski definition) is 3. The van der Waals surface area contributed by atoms with Crippen LogP contribution in [0.2, 0.25) is 0 Å². The summed E-state index contributed by atoms with van der Waals surface area (Å²) in [5.74, 6) is -0.567. The Hall–Kier alpha value is -3.20. The quantitative estimate of drug-likeness (QED) is 0.580.